The Hall–Kier alpha value is -2.31. The van der Waals surface area contributed by atoms with Gasteiger partial charge < -0.3 is 15.7 Å². The lowest BCUT2D eigenvalue weighted by atomic mass is 10.1. The summed E-state index contributed by atoms with van der Waals surface area (Å²) in [6, 6.07) is 4.17. The lowest BCUT2D eigenvalue weighted by Crippen LogP contribution is -2.19. The zero-order valence-electron chi connectivity index (χ0n) is 11.0. The highest BCUT2D eigenvalue weighted by Crippen LogP contribution is 2.29. The maximum absolute atomic E-state index is 11.0. The molecule has 0 bridgehead atoms. The van der Waals surface area contributed by atoms with Gasteiger partial charge >= 0.3 is 5.69 Å². The lowest BCUT2D eigenvalue weighted by molar-refractivity contribution is -0.386. The number of nitrogens with zero attached hydrogens (tertiary/aromatic N) is 2. The third-order valence-corrected chi connectivity index (χ3v) is 2.81. The lowest BCUT2D eigenvalue weighted by Gasteiger charge is -2.18. The third kappa shape index (κ3) is 3.57. The first-order valence-corrected chi connectivity index (χ1v) is 5.79. The molecule has 0 fully saturated rings. The standard InChI is InChI=1S/C12H17N3O4/c1-7(2)8(3)19-11-5-4-9(12(13)14-16)6-10(11)15(17)18/h4-8,16H,1-3H3,(H2,13,14). The van der Waals surface area contributed by atoms with E-state index in [-0.39, 0.29) is 34.9 Å². The average Bonchev–Trinajstić information content (AvgIpc) is 2.37. The number of hydrogen-bond acceptors (Lipinski definition) is 5. The van der Waals surface area contributed by atoms with Crippen molar-refractivity contribution in [1.82, 2.24) is 0 Å². The summed E-state index contributed by atoms with van der Waals surface area (Å²) in [5, 5.41) is 22.4. The first kappa shape index (κ1) is 14.7. The van der Waals surface area contributed by atoms with Crippen molar-refractivity contribution < 1.29 is 14.9 Å². The summed E-state index contributed by atoms with van der Waals surface area (Å²) in [5.74, 6) is 0.204. The Morgan fingerprint density at radius 1 is 1.47 bits per heavy atom. The molecule has 0 saturated heterocycles. The molecule has 104 valence electrons. The number of oxime groups is 1. The minimum Gasteiger partial charge on any atom is -0.484 e. The normalized spacial score (nSPS) is 13.4. The number of hydrogen-bond donors (Lipinski definition) is 2. The van der Waals surface area contributed by atoms with Gasteiger partial charge in [-0.2, -0.15) is 0 Å². The molecular weight excluding hydrogens is 250 g/mol. The van der Waals surface area contributed by atoms with Gasteiger partial charge in [-0.25, -0.2) is 0 Å². The minimum absolute atomic E-state index is 0.159. The van der Waals surface area contributed by atoms with E-state index in [1.165, 1.54) is 18.2 Å². The molecular formula is C12H17N3O4. The van der Waals surface area contributed by atoms with Gasteiger partial charge in [0.2, 0.25) is 0 Å². The zero-order chi connectivity index (χ0) is 14.6. The van der Waals surface area contributed by atoms with Gasteiger partial charge in [0.05, 0.1) is 11.0 Å². The molecule has 0 amide bonds. The van der Waals surface area contributed by atoms with Crippen LogP contribution in [0.5, 0.6) is 5.75 Å². The van der Waals surface area contributed by atoms with E-state index in [9.17, 15) is 10.1 Å². The molecule has 0 aliphatic heterocycles. The molecule has 0 heterocycles. The van der Waals surface area contributed by atoms with Crippen LogP contribution < -0.4 is 10.5 Å². The molecule has 1 aromatic rings. The molecule has 1 unspecified atom stereocenters. The average molecular weight is 267 g/mol. The number of amidine groups is 1. The topological polar surface area (TPSA) is 111 Å². The van der Waals surface area contributed by atoms with Gasteiger partial charge in [-0.1, -0.05) is 19.0 Å². The Bertz CT molecular complexity index is 500. The maximum atomic E-state index is 11.0. The predicted molar refractivity (Wildman–Crippen MR) is 70.5 cm³/mol. The van der Waals surface area contributed by atoms with Crippen molar-refractivity contribution >= 4 is 11.5 Å². The summed E-state index contributed by atoms with van der Waals surface area (Å²) in [7, 11) is 0. The number of nitro groups is 1. The molecule has 0 aliphatic carbocycles. The maximum Gasteiger partial charge on any atom is 0.311 e. The summed E-state index contributed by atoms with van der Waals surface area (Å²) in [6.45, 7) is 5.76. The van der Waals surface area contributed by atoms with Gasteiger partial charge in [-0.3, -0.25) is 10.1 Å². The van der Waals surface area contributed by atoms with Crippen LogP contribution in [0.4, 0.5) is 5.69 Å². The quantitative estimate of drug-likeness (QED) is 0.279. The van der Waals surface area contributed by atoms with E-state index in [2.05, 4.69) is 5.16 Å². The second-order valence-electron chi connectivity index (χ2n) is 4.49. The Morgan fingerprint density at radius 3 is 2.58 bits per heavy atom. The number of nitro benzene ring substituents is 1. The van der Waals surface area contributed by atoms with E-state index >= 15 is 0 Å². The highest BCUT2D eigenvalue weighted by atomic mass is 16.6. The Balaban J connectivity index is 3.16. The van der Waals surface area contributed by atoms with Crippen LogP contribution in [-0.2, 0) is 0 Å². The number of ether oxygens (including phenoxy) is 1. The van der Waals surface area contributed by atoms with Gasteiger partial charge in [-0.05, 0) is 25.0 Å². The fourth-order valence-electron chi connectivity index (χ4n) is 1.31. The molecule has 0 aliphatic rings. The highest BCUT2D eigenvalue weighted by Gasteiger charge is 2.20. The Kier molecular flexibility index (Phi) is 4.68. The van der Waals surface area contributed by atoms with Crippen molar-refractivity contribution in [2.24, 2.45) is 16.8 Å². The summed E-state index contributed by atoms with van der Waals surface area (Å²) < 4.78 is 5.55. The molecule has 0 spiro atoms. The van der Waals surface area contributed by atoms with Crippen molar-refractivity contribution in [3.8, 4) is 5.75 Å². The molecule has 0 aromatic heterocycles. The molecule has 0 radical (unpaired) electrons. The van der Waals surface area contributed by atoms with Gasteiger partial charge in [0.25, 0.3) is 0 Å². The highest BCUT2D eigenvalue weighted by molar-refractivity contribution is 5.97. The fraction of sp³-hybridized carbons (Fsp3) is 0.417. The molecule has 1 rings (SSSR count). The van der Waals surface area contributed by atoms with Gasteiger partial charge in [0, 0.05) is 11.6 Å². The zero-order valence-corrected chi connectivity index (χ0v) is 11.0. The number of benzene rings is 1. The SMILES string of the molecule is CC(C)C(C)Oc1ccc(C(N)=NO)cc1[N+](=O)[O-]. The summed E-state index contributed by atoms with van der Waals surface area (Å²) in [6.07, 6.45) is -0.159. The molecule has 3 N–H and O–H groups in total. The van der Waals surface area contributed by atoms with Crippen LogP contribution in [-0.4, -0.2) is 22.1 Å². The number of rotatable bonds is 5. The van der Waals surface area contributed by atoms with Crippen molar-refractivity contribution in [2.45, 2.75) is 26.9 Å². The van der Waals surface area contributed by atoms with Crippen molar-refractivity contribution in [1.29, 1.82) is 0 Å². The van der Waals surface area contributed by atoms with Gasteiger partial charge in [0.1, 0.15) is 0 Å². The smallest absolute Gasteiger partial charge is 0.311 e. The van der Waals surface area contributed by atoms with Crippen LogP contribution >= 0.6 is 0 Å². The number of nitrogens with two attached hydrogens (primary N) is 1. The first-order chi connectivity index (χ1) is 8.86. The van der Waals surface area contributed by atoms with E-state index in [4.69, 9.17) is 15.7 Å². The van der Waals surface area contributed by atoms with Crippen LogP contribution in [0, 0.1) is 16.0 Å². The Morgan fingerprint density at radius 2 is 2.11 bits per heavy atom. The third-order valence-electron chi connectivity index (χ3n) is 2.81. The largest absolute Gasteiger partial charge is 0.484 e. The van der Waals surface area contributed by atoms with Crippen LogP contribution in [0.1, 0.15) is 26.3 Å². The molecule has 1 aromatic carbocycles. The van der Waals surface area contributed by atoms with Crippen LogP contribution in [0.2, 0.25) is 0 Å². The Labute approximate surface area is 110 Å². The fourth-order valence-corrected chi connectivity index (χ4v) is 1.31. The molecule has 1 atom stereocenters. The van der Waals surface area contributed by atoms with E-state index in [0.29, 0.717) is 0 Å². The molecule has 0 saturated carbocycles. The molecule has 19 heavy (non-hydrogen) atoms. The summed E-state index contributed by atoms with van der Waals surface area (Å²) in [4.78, 5) is 10.5. The van der Waals surface area contributed by atoms with E-state index in [0.717, 1.165) is 0 Å². The van der Waals surface area contributed by atoms with E-state index in [1.807, 2.05) is 20.8 Å². The second-order valence-corrected chi connectivity index (χ2v) is 4.49. The van der Waals surface area contributed by atoms with Crippen LogP contribution in [0.25, 0.3) is 0 Å². The molecule has 7 heteroatoms. The molecule has 7 nitrogen and oxygen atoms in total. The van der Waals surface area contributed by atoms with Crippen molar-refractivity contribution in [3.05, 3.63) is 33.9 Å². The van der Waals surface area contributed by atoms with Gasteiger partial charge in [-0.15, -0.1) is 0 Å². The second kappa shape index (κ2) is 6.03. The van der Waals surface area contributed by atoms with E-state index < -0.39 is 4.92 Å². The van der Waals surface area contributed by atoms with Crippen LogP contribution in [0.15, 0.2) is 23.4 Å². The minimum atomic E-state index is -0.559. The predicted octanol–water partition coefficient (Wildman–Crippen LogP) is 2.11. The summed E-state index contributed by atoms with van der Waals surface area (Å²) >= 11 is 0. The van der Waals surface area contributed by atoms with Gasteiger partial charge in [0.15, 0.2) is 11.6 Å². The summed E-state index contributed by atoms with van der Waals surface area (Å²) in [5.41, 5.74) is 5.45. The first-order valence-electron chi connectivity index (χ1n) is 5.79. The van der Waals surface area contributed by atoms with Crippen molar-refractivity contribution in [2.75, 3.05) is 0 Å². The van der Waals surface area contributed by atoms with E-state index in [1.54, 1.807) is 0 Å². The van der Waals surface area contributed by atoms with Crippen molar-refractivity contribution in [3.63, 3.8) is 0 Å². The van der Waals surface area contributed by atoms with Crippen LogP contribution in [0.3, 0.4) is 0 Å². The monoisotopic (exact) mass is 267 g/mol.